The summed E-state index contributed by atoms with van der Waals surface area (Å²) in [5.41, 5.74) is 2.48. The van der Waals surface area contributed by atoms with E-state index in [1.807, 2.05) is 31.4 Å². The molecule has 28 heavy (non-hydrogen) atoms. The molecule has 3 aromatic rings. The van der Waals surface area contributed by atoms with E-state index in [2.05, 4.69) is 44.6 Å². The smallest absolute Gasteiger partial charge is 0.229 e. The number of carbonyl (C=O) groups is 1. The lowest BCUT2D eigenvalue weighted by Gasteiger charge is -2.31. The van der Waals surface area contributed by atoms with Gasteiger partial charge in [-0.1, -0.05) is 17.3 Å². The molecule has 1 amide bonds. The Kier molecular flexibility index (Phi) is 5.04. The summed E-state index contributed by atoms with van der Waals surface area (Å²) < 4.78 is 1.66. The van der Waals surface area contributed by atoms with Crippen molar-refractivity contribution in [3.05, 3.63) is 30.6 Å². The second kappa shape index (κ2) is 7.63. The van der Waals surface area contributed by atoms with E-state index in [1.54, 1.807) is 10.9 Å². The third kappa shape index (κ3) is 3.87. The quantitative estimate of drug-likeness (QED) is 0.749. The van der Waals surface area contributed by atoms with Gasteiger partial charge >= 0.3 is 0 Å². The Balaban J connectivity index is 1.49. The maximum absolute atomic E-state index is 12.6. The molecule has 0 radical (unpaired) electrons. The molecule has 8 nitrogen and oxygen atoms in total. The van der Waals surface area contributed by atoms with Gasteiger partial charge in [0, 0.05) is 36.2 Å². The van der Waals surface area contributed by atoms with Gasteiger partial charge in [0.05, 0.1) is 11.7 Å². The van der Waals surface area contributed by atoms with Gasteiger partial charge in [-0.2, -0.15) is 0 Å². The van der Waals surface area contributed by atoms with E-state index >= 15 is 0 Å². The first-order valence-electron chi connectivity index (χ1n) is 9.60. The van der Waals surface area contributed by atoms with Crippen molar-refractivity contribution in [2.24, 2.45) is 13.0 Å². The number of hydrogen-bond acceptors (Lipinski definition) is 6. The van der Waals surface area contributed by atoms with Crippen molar-refractivity contribution in [1.82, 2.24) is 29.9 Å². The summed E-state index contributed by atoms with van der Waals surface area (Å²) in [5.74, 6) is 0.395. The summed E-state index contributed by atoms with van der Waals surface area (Å²) >= 11 is 0. The van der Waals surface area contributed by atoms with Crippen molar-refractivity contribution in [2.75, 3.05) is 19.4 Å². The van der Waals surface area contributed by atoms with Crippen molar-refractivity contribution in [1.29, 1.82) is 0 Å². The van der Waals surface area contributed by atoms with Gasteiger partial charge in [0.25, 0.3) is 0 Å². The highest BCUT2D eigenvalue weighted by atomic mass is 16.2. The third-order valence-electron chi connectivity index (χ3n) is 5.51. The molecule has 0 bridgehead atoms. The molecule has 1 fully saturated rings. The number of aryl methyl sites for hydroxylation is 1. The number of rotatable bonds is 4. The van der Waals surface area contributed by atoms with Gasteiger partial charge in [0.15, 0.2) is 0 Å². The normalized spacial score (nSPS) is 19.9. The van der Waals surface area contributed by atoms with Gasteiger partial charge in [-0.25, -0.2) is 9.97 Å². The van der Waals surface area contributed by atoms with Crippen LogP contribution in [0.25, 0.3) is 22.2 Å². The Bertz CT molecular complexity index is 989. The molecule has 0 atom stereocenters. The highest BCUT2D eigenvalue weighted by molar-refractivity contribution is 5.92. The fourth-order valence-electron chi connectivity index (χ4n) is 3.79. The van der Waals surface area contributed by atoms with Crippen molar-refractivity contribution in [3.8, 4) is 11.3 Å². The molecule has 0 spiro atoms. The zero-order valence-corrected chi connectivity index (χ0v) is 16.5. The number of carbonyl (C=O) groups excluding carboxylic acids is 1. The average molecular weight is 379 g/mol. The molecular weight excluding hydrogens is 354 g/mol. The maximum Gasteiger partial charge on any atom is 0.229 e. The summed E-state index contributed by atoms with van der Waals surface area (Å²) in [6.45, 7) is 0. The molecule has 1 aliphatic carbocycles. The fourth-order valence-corrected chi connectivity index (χ4v) is 3.79. The number of anilines is 1. The SMILES string of the molecule is CN(C)C1CCC(C(=O)Nc2ncc3ccc(-c4cn(C)nn4)cc3n2)CC1. The molecule has 1 aromatic carbocycles. The standard InChI is InChI=1S/C20H25N7O/c1-26(2)16-8-6-13(7-9-16)19(28)23-20-21-11-15-5-4-14(10-17(15)22-20)18-12-27(3)25-24-18/h4-5,10-13,16H,6-9H2,1-3H3,(H,21,22,23,28). The third-order valence-corrected chi connectivity index (χ3v) is 5.51. The van der Waals surface area contributed by atoms with Crippen LogP contribution in [-0.2, 0) is 11.8 Å². The number of nitrogens with one attached hydrogen (secondary N) is 1. The fraction of sp³-hybridized carbons (Fsp3) is 0.450. The predicted molar refractivity (Wildman–Crippen MR) is 108 cm³/mol. The number of nitrogens with zero attached hydrogens (tertiary/aromatic N) is 6. The molecule has 0 saturated heterocycles. The summed E-state index contributed by atoms with van der Waals surface area (Å²) in [5, 5.41) is 11.9. The molecule has 1 aliphatic rings. The zero-order valence-electron chi connectivity index (χ0n) is 16.5. The van der Waals surface area contributed by atoms with E-state index in [0.29, 0.717) is 12.0 Å². The molecule has 0 aliphatic heterocycles. The Labute approximate surface area is 164 Å². The minimum Gasteiger partial charge on any atom is -0.306 e. The van der Waals surface area contributed by atoms with Crippen LogP contribution in [0.5, 0.6) is 0 Å². The first kappa shape index (κ1) is 18.5. The van der Waals surface area contributed by atoms with Crippen molar-refractivity contribution in [3.63, 3.8) is 0 Å². The number of hydrogen-bond donors (Lipinski definition) is 1. The van der Waals surface area contributed by atoms with Crippen LogP contribution in [0.1, 0.15) is 25.7 Å². The second-order valence-electron chi connectivity index (χ2n) is 7.70. The monoisotopic (exact) mass is 379 g/mol. The van der Waals surface area contributed by atoms with Crippen LogP contribution in [0.2, 0.25) is 0 Å². The zero-order chi connectivity index (χ0) is 19.7. The lowest BCUT2D eigenvalue weighted by molar-refractivity contribution is -0.121. The van der Waals surface area contributed by atoms with E-state index in [1.165, 1.54) is 0 Å². The van der Waals surface area contributed by atoms with E-state index in [0.717, 1.165) is 47.8 Å². The Morgan fingerprint density at radius 3 is 2.68 bits per heavy atom. The van der Waals surface area contributed by atoms with Crippen LogP contribution in [0.15, 0.2) is 30.6 Å². The summed E-state index contributed by atoms with van der Waals surface area (Å²) in [4.78, 5) is 23.7. The van der Waals surface area contributed by atoms with Crippen LogP contribution in [0.4, 0.5) is 5.95 Å². The average Bonchev–Trinajstić information content (AvgIpc) is 3.14. The molecule has 4 rings (SSSR count). The van der Waals surface area contributed by atoms with Gasteiger partial charge in [-0.05, 0) is 45.8 Å². The molecule has 146 valence electrons. The lowest BCUT2D eigenvalue weighted by Crippen LogP contribution is -2.35. The minimum absolute atomic E-state index is 0.0154. The topological polar surface area (TPSA) is 88.8 Å². The van der Waals surface area contributed by atoms with Crippen molar-refractivity contribution in [2.45, 2.75) is 31.7 Å². The van der Waals surface area contributed by atoms with Crippen LogP contribution < -0.4 is 5.32 Å². The molecule has 0 unspecified atom stereocenters. The highest BCUT2D eigenvalue weighted by Crippen LogP contribution is 2.27. The number of aromatic nitrogens is 5. The van der Waals surface area contributed by atoms with Gasteiger partial charge < -0.3 is 4.90 Å². The highest BCUT2D eigenvalue weighted by Gasteiger charge is 2.27. The van der Waals surface area contributed by atoms with Gasteiger partial charge in [-0.3, -0.25) is 14.8 Å². The number of benzene rings is 1. The summed E-state index contributed by atoms with van der Waals surface area (Å²) in [6, 6.07) is 6.43. The van der Waals surface area contributed by atoms with Crippen molar-refractivity contribution < 1.29 is 4.79 Å². The van der Waals surface area contributed by atoms with E-state index in [4.69, 9.17) is 0 Å². The molecule has 1 N–H and O–H groups in total. The lowest BCUT2D eigenvalue weighted by atomic mass is 9.85. The maximum atomic E-state index is 12.6. The van der Waals surface area contributed by atoms with E-state index < -0.39 is 0 Å². The molecule has 1 saturated carbocycles. The molecule has 2 aromatic heterocycles. The van der Waals surface area contributed by atoms with Crippen LogP contribution in [-0.4, -0.2) is 55.9 Å². The Morgan fingerprint density at radius 2 is 2.00 bits per heavy atom. The Morgan fingerprint density at radius 1 is 1.21 bits per heavy atom. The van der Waals surface area contributed by atoms with Crippen LogP contribution in [0, 0.1) is 5.92 Å². The molecule has 8 heteroatoms. The first-order valence-corrected chi connectivity index (χ1v) is 9.60. The number of fused-ring (bicyclic) bond motifs is 1. The predicted octanol–water partition coefficient (Wildman–Crippen LogP) is 2.48. The second-order valence-corrected chi connectivity index (χ2v) is 7.70. The van der Waals surface area contributed by atoms with Crippen LogP contribution >= 0.6 is 0 Å². The van der Waals surface area contributed by atoms with Crippen molar-refractivity contribution >= 4 is 22.8 Å². The summed E-state index contributed by atoms with van der Waals surface area (Å²) in [7, 11) is 6.03. The largest absolute Gasteiger partial charge is 0.306 e. The van der Waals surface area contributed by atoms with Gasteiger partial charge in [0.2, 0.25) is 11.9 Å². The first-order chi connectivity index (χ1) is 13.5. The van der Waals surface area contributed by atoms with E-state index in [9.17, 15) is 4.79 Å². The van der Waals surface area contributed by atoms with Crippen LogP contribution in [0.3, 0.4) is 0 Å². The van der Waals surface area contributed by atoms with Gasteiger partial charge in [0.1, 0.15) is 5.69 Å². The van der Waals surface area contributed by atoms with E-state index in [-0.39, 0.29) is 11.8 Å². The number of amides is 1. The minimum atomic E-state index is 0.0154. The molecular formula is C20H25N7O. The van der Waals surface area contributed by atoms with Gasteiger partial charge in [-0.15, -0.1) is 5.10 Å². The molecule has 2 heterocycles. The Hall–Kier alpha value is -2.87. The summed E-state index contributed by atoms with van der Waals surface area (Å²) in [6.07, 6.45) is 7.49.